The molecule has 0 saturated carbocycles. The third-order valence-electron chi connectivity index (χ3n) is 9.36. The number of phenols is 1. The second kappa shape index (κ2) is 23.1. The van der Waals surface area contributed by atoms with E-state index >= 15 is 0 Å². The molecule has 0 atom stereocenters. The Morgan fingerprint density at radius 1 is 0.431 bits per heavy atom. The maximum absolute atomic E-state index is 14.7. The third kappa shape index (κ3) is 12.3. The highest BCUT2D eigenvalue weighted by Gasteiger charge is 2.24. The first-order chi connectivity index (χ1) is 31.4. The van der Waals surface area contributed by atoms with E-state index in [0.29, 0.717) is 16.7 Å². The number of hydrogen-bond donors (Lipinski definition) is 5. The molecular formula is C47H42F2N6O10. The van der Waals surface area contributed by atoms with E-state index in [-0.39, 0.29) is 83.4 Å². The highest BCUT2D eigenvalue weighted by atomic mass is 19.1. The third-order valence-corrected chi connectivity index (χ3v) is 9.36. The standard InChI is InChI=1S/C24H22FN3O5.C23H20FN3O5/c1-32-18-7-8-19(33-2)21(25)20(18)22(29)15-3-5-16(6-4-15)23(30)27-13-14-28-24(31)17-9-11-26-12-10-17;1-32-18-7-6-17(28)19(20(18)24)21(29)14-2-4-15(5-3-14)22(30)26-12-13-27-23(31)16-8-10-25-11-9-16/h3-12H,13-14H2,1-2H3,(H,27,30)(H,28,31);2-11,28H,12-13H2,1H3,(H,26,30)(H,27,31). The number of carbonyl (C=O) groups excluding carboxylic acids is 6. The number of methoxy groups -OCH3 is 3. The number of pyridine rings is 2. The normalized spacial score (nSPS) is 10.3. The zero-order valence-corrected chi connectivity index (χ0v) is 35.1. The first-order valence-corrected chi connectivity index (χ1v) is 19.6. The summed E-state index contributed by atoms with van der Waals surface area (Å²) in [6.45, 7) is 0.859. The molecular weight excluding hydrogens is 847 g/mol. The van der Waals surface area contributed by atoms with Crippen LogP contribution in [-0.4, -0.2) is 97.8 Å². The van der Waals surface area contributed by atoms with Gasteiger partial charge in [-0.05, 0) is 72.8 Å². The van der Waals surface area contributed by atoms with Gasteiger partial charge in [-0.1, -0.05) is 24.3 Å². The summed E-state index contributed by atoms with van der Waals surface area (Å²) in [5.74, 6) is -5.14. The average Bonchev–Trinajstić information content (AvgIpc) is 3.34. The van der Waals surface area contributed by atoms with Crippen LogP contribution in [0, 0.1) is 11.6 Å². The van der Waals surface area contributed by atoms with Gasteiger partial charge in [0.1, 0.15) is 22.6 Å². The lowest BCUT2D eigenvalue weighted by Crippen LogP contribution is -2.34. The summed E-state index contributed by atoms with van der Waals surface area (Å²) >= 11 is 0. The zero-order chi connectivity index (χ0) is 46.9. The van der Waals surface area contributed by atoms with Gasteiger partial charge in [-0.25, -0.2) is 8.78 Å². The summed E-state index contributed by atoms with van der Waals surface area (Å²) in [5, 5.41) is 20.6. The van der Waals surface area contributed by atoms with E-state index in [9.17, 15) is 42.7 Å². The van der Waals surface area contributed by atoms with Crippen molar-refractivity contribution in [1.82, 2.24) is 31.2 Å². The van der Waals surface area contributed by atoms with Crippen molar-refractivity contribution in [2.24, 2.45) is 0 Å². The Morgan fingerprint density at radius 2 is 0.723 bits per heavy atom. The van der Waals surface area contributed by atoms with E-state index < -0.39 is 40.4 Å². The highest BCUT2D eigenvalue weighted by Crippen LogP contribution is 2.32. The minimum Gasteiger partial charge on any atom is -0.507 e. The molecule has 0 spiro atoms. The highest BCUT2D eigenvalue weighted by molar-refractivity contribution is 6.12. The van der Waals surface area contributed by atoms with Crippen molar-refractivity contribution < 1.29 is 56.9 Å². The Morgan fingerprint density at radius 3 is 1.09 bits per heavy atom. The van der Waals surface area contributed by atoms with Crippen molar-refractivity contribution in [2.45, 2.75) is 0 Å². The van der Waals surface area contributed by atoms with Crippen LogP contribution in [0.15, 0.2) is 122 Å². The number of ketones is 2. The van der Waals surface area contributed by atoms with Gasteiger partial charge >= 0.3 is 0 Å². The van der Waals surface area contributed by atoms with Crippen molar-refractivity contribution in [2.75, 3.05) is 47.5 Å². The fourth-order valence-electron chi connectivity index (χ4n) is 5.95. The predicted octanol–water partition coefficient (Wildman–Crippen LogP) is 4.95. The van der Waals surface area contributed by atoms with Gasteiger partial charge in [-0.2, -0.15) is 0 Å². The predicted molar refractivity (Wildman–Crippen MR) is 232 cm³/mol. The number of aromatic nitrogens is 2. The Kier molecular flexibility index (Phi) is 16.9. The van der Waals surface area contributed by atoms with Crippen LogP contribution in [0.3, 0.4) is 0 Å². The molecule has 0 fully saturated rings. The number of benzene rings is 4. The van der Waals surface area contributed by atoms with E-state index in [4.69, 9.17) is 14.2 Å². The van der Waals surface area contributed by atoms with Crippen LogP contribution in [0.1, 0.15) is 73.3 Å². The molecule has 0 aliphatic heterocycles. The summed E-state index contributed by atoms with van der Waals surface area (Å²) in [6.07, 6.45) is 6.05. The second-order valence-corrected chi connectivity index (χ2v) is 13.4. The summed E-state index contributed by atoms with van der Waals surface area (Å²) in [5.41, 5.74) is 1.04. The van der Waals surface area contributed by atoms with Crippen molar-refractivity contribution in [3.05, 3.63) is 178 Å². The minimum absolute atomic E-state index is 0.0776. The molecule has 6 rings (SSSR count). The quantitative estimate of drug-likeness (QED) is 0.0606. The molecule has 5 N–H and O–H groups in total. The maximum Gasteiger partial charge on any atom is 0.251 e. The van der Waals surface area contributed by atoms with Crippen LogP contribution in [0.2, 0.25) is 0 Å². The van der Waals surface area contributed by atoms with Crippen LogP contribution in [0.4, 0.5) is 8.78 Å². The minimum atomic E-state index is -0.965. The molecule has 0 saturated heterocycles. The van der Waals surface area contributed by atoms with Crippen LogP contribution < -0.4 is 35.5 Å². The molecule has 0 bridgehead atoms. The lowest BCUT2D eigenvalue weighted by molar-refractivity contribution is 0.0927. The molecule has 18 heteroatoms. The monoisotopic (exact) mass is 888 g/mol. The summed E-state index contributed by atoms with van der Waals surface area (Å²) in [6, 6.07) is 22.9. The van der Waals surface area contributed by atoms with Crippen molar-refractivity contribution >= 4 is 35.2 Å². The molecule has 334 valence electrons. The van der Waals surface area contributed by atoms with Gasteiger partial charge in [0, 0.05) is 84.3 Å². The largest absolute Gasteiger partial charge is 0.507 e. The smallest absolute Gasteiger partial charge is 0.251 e. The van der Waals surface area contributed by atoms with E-state index in [1.165, 1.54) is 119 Å². The number of carbonyl (C=O) groups is 6. The Balaban J connectivity index is 0.000000244. The maximum atomic E-state index is 14.7. The number of halogens is 2. The molecule has 16 nitrogen and oxygen atoms in total. The molecule has 2 heterocycles. The number of hydrogen-bond acceptors (Lipinski definition) is 12. The van der Waals surface area contributed by atoms with Crippen LogP contribution in [0.25, 0.3) is 0 Å². The van der Waals surface area contributed by atoms with Crippen molar-refractivity contribution in [3.8, 4) is 23.0 Å². The molecule has 0 radical (unpaired) electrons. The number of aromatic hydroxyl groups is 1. The topological polar surface area (TPSA) is 224 Å². The molecule has 65 heavy (non-hydrogen) atoms. The molecule has 0 aliphatic rings. The van der Waals surface area contributed by atoms with Crippen LogP contribution >= 0.6 is 0 Å². The lowest BCUT2D eigenvalue weighted by atomic mass is 10.00. The van der Waals surface area contributed by atoms with E-state index in [1.807, 2.05) is 0 Å². The Bertz CT molecular complexity index is 2650. The van der Waals surface area contributed by atoms with Gasteiger partial charge in [0.15, 0.2) is 34.7 Å². The number of phenolic OH excluding ortho intramolecular Hbond substituents is 1. The van der Waals surface area contributed by atoms with Gasteiger partial charge in [0.25, 0.3) is 23.6 Å². The SMILES string of the molecule is COc1ccc(O)c(C(=O)c2ccc(C(=O)NCCNC(=O)c3ccncc3)cc2)c1F.COc1ccc(OC)c(C(=O)c2ccc(C(=O)NCCNC(=O)c3ccncc3)cc2)c1F. The number of nitrogens with one attached hydrogen (secondary N) is 4. The van der Waals surface area contributed by atoms with Crippen LogP contribution in [0.5, 0.6) is 23.0 Å². The Labute approximate surface area is 371 Å². The average molecular weight is 889 g/mol. The molecule has 4 amide bonds. The molecule has 4 aromatic carbocycles. The molecule has 6 aromatic rings. The lowest BCUT2D eigenvalue weighted by Gasteiger charge is -2.12. The molecule has 0 unspecified atom stereocenters. The Hall–Kier alpha value is -8.54. The first kappa shape index (κ1) is 47.5. The second-order valence-electron chi connectivity index (χ2n) is 13.4. The van der Waals surface area contributed by atoms with E-state index in [0.717, 1.165) is 0 Å². The number of amides is 4. The number of rotatable bonds is 17. The summed E-state index contributed by atoms with van der Waals surface area (Å²) in [4.78, 5) is 81.7. The van der Waals surface area contributed by atoms with Gasteiger partial charge in [-0.3, -0.25) is 38.7 Å². The molecule has 0 aliphatic carbocycles. The van der Waals surface area contributed by atoms with Gasteiger partial charge < -0.3 is 40.6 Å². The van der Waals surface area contributed by atoms with E-state index in [2.05, 4.69) is 31.2 Å². The number of nitrogens with zero attached hydrogens (tertiary/aromatic N) is 2. The van der Waals surface area contributed by atoms with Gasteiger partial charge in [0.05, 0.1) is 21.3 Å². The van der Waals surface area contributed by atoms with Gasteiger partial charge in [0.2, 0.25) is 0 Å². The zero-order valence-electron chi connectivity index (χ0n) is 35.1. The summed E-state index contributed by atoms with van der Waals surface area (Å²) < 4.78 is 44.0. The molecule has 2 aromatic heterocycles. The van der Waals surface area contributed by atoms with Gasteiger partial charge in [-0.15, -0.1) is 0 Å². The summed E-state index contributed by atoms with van der Waals surface area (Å²) in [7, 11) is 3.89. The van der Waals surface area contributed by atoms with E-state index in [1.54, 1.807) is 24.3 Å². The number of ether oxygens (including phenoxy) is 3. The fourth-order valence-corrected chi connectivity index (χ4v) is 5.95. The fraction of sp³-hybridized carbons (Fsp3) is 0.149. The van der Waals surface area contributed by atoms with Crippen molar-refractivity contribution in [3.63, 3.8) is 0 Å². The first-order valence-electron chi connectivity index (χ1n) is 19.6. The van der Waals surface area contributed by atoms with Crippen molar-refractivity contribution in [1.29, 1.82) is 0 Å². The van der Waals surface area contributed by atoms with Crippen LogP contribution in [-0.2, 0) is 0 Å².